The van der Waals surface area contributed by atoms with Crippen LogP contribution in [0.3, 0.4) is 0 Å². The Labute approximate surface area is 166 Å². The van der Waals surface area contributed by atoms with Crippen LogP contribution >= 0.6 is 0 Å². The van der Waals surface area contributed by atoms with Crippen molar-refractivity contribution >= 4 is 22.6 Å². The van der Waals surface area contributed by atoms with Gasteiger partial charge in [-0.3, -0.25) is 9.78 Å². The molecule has 1 aromatic carbocycles. The molecule has 0 aliphatic carbocycles. The summed E-state index contributed by atoms with van der Waals surface area (Å²) in [6.07, 6.45) is 2.31. The van der Waals surface area contributed by atoms with E-state index in [9.17, 15) is 10.1 Å². The summed E-state index contributed by atoms with van der Waals surface area (Å²) in [6.45, 7) is 9.11. The first kappa shape index (κ1) is 19.9. The number of fused-ring (bicyclic) bond motifs is 1. The van der Waals surface area contributed by atoms with Crippen LogP contribution in [0.4, 0.5) is 5.69 Å². The van der Waals surface area contributed by atoms with Crippen LogP contribution in [0.5, 0.6) is 5.75 Å². The van der Waals surface area contributed by atoms with Crippen molar-refractivity contribution in [2.75, 3.05) is 25.1 Å². The van der Waals surface area contributed by atoms with Crippen molar-refractivity contribution < 1.29 is 14.3 Å². The second-order valence-electron chi connectivity index (χ2n) is 8.37. The highest BCUT2D eigenvalue weighted by atomic mass is 16.6. The van der Waals surface area contributed by atoms with E-state index < -0.39 is 5.60 Å². The minimum atomic E-state index is -0.484. The molecule has 2 aromatic rings. The number of nitrogens with zero attached hydrogens (tertiary/aromatic N) is 3. The van der Waals surface area contributed by atoms with Crippen molar-refractivity contribution in [2.24, 2.45) is 11.8 Å². The number of methoxy groups -OCH3 is 1. The van der Waals surface area contributed by atoms with Crippen LogP contribution in [0.15, 0.2) is 24.4 Å². The van der Waals surface area contributed by atoms with Gasteiger partial charge in [0.1, 0.15) is 17.4 Å². The summed E-state index contributed by atoms with van der Waals surface area (Å²) in [5.74, 6) is 0.586. The molecule has 2 unspecified atom stereocenters. The van der Waals surface area contributed by atoms with E-state index in [1.807, 2.05) is 39.0 Å². The third kappa shape index (κ3) is 4.04. The molecule has 2 atom stereocenters. The van der Waals surface area contributed by atoms with Gasteiger partial charge in [-0.05, 0) is 45.2 Å². The number of hydrogen-bond donors (Lipinski definition) is 0. The molecule has 1 aliphatic heterocycles. The average molecular weight is 381 g/mol. The topological polar surface area (TPSA) is 75.4 Å². The van der Waals surface area contributed by atoms with Gasteiger partial charge in [0.25, 0.3) is 0 Å². The highest BCUT2D eigenvalue weighted by Crippen LogP contribution is 2.36. The van der Waals surface area contributed by atoms with Crippen molar-refractivity contribution in [1.29, 1.82) is 5.26 Å². The van der Waals surface area contributed by atoms with Gasteiger partial charge in [0.05, 0.1) is 29.8 Å². The Bertz CT molecular complexity index is 927. The molecule has 0 N–H and O–H groups in total. The minimum absolute atomic E-state index is 0.122. The number of ether oxygens (including phenoxy) is 2. The summed E-state index contributed by atoms with van der Waals surface area (Å²) < 4.78 is 10.9. The molecule has 0 saturated carbocycles. The largest absolute Gasteiger partial charge is 0.497 e. The zero-order chi connectivity index (χ0) is 20.5. The third-order valence-electron chi connectivity index (χ3n) is 5.10. The first-order valence-corrected chi connectivity index (χ1v) is 9.58. The predicted octanol–water partition coefficient (Wildman–Crippen LogP) is 3.92. The summed E-state index contributed by atoms with van der Waals surface area (Å²) in [4.78, 5) is 19.2. The number of aromatic nitrogens is 1. The van der Waals surface area contributed by atoms with Gasteiger partial charge in [-0.2, -0.15) is 5.26 Å². The number of pyridine rings is 1. The van der Waals surface area contributed by atoms with Crippen molar-refractivity contribution in [3.8, 4) is 11.8 Å². The van der Waals surface area contributed by atoms with E-state index in [1.54, 1.807) is 13.3 Å². The molecular formula is C22H27N3O3. The quantitative estimate of drug-likeness (QED) is 0.750. The summed E-state index contributed by atoms with van der Waals surface area (Å²) in [7, 11) is 1.62. The lowest BCUT2D eigenvalue weighted by Gasteiger charge is -2.38. The fourth-order valence-electron chi connectivity index (χ4n) is 3.78. The number of carbonyl (C=O) groups is 1. The summed E-state index contributed by atoms with van der Waals surface area (Å²) in [5, 5.41) is 10.5. The Morgan fingerprint density at radius 2 is 2.11 bits per heavy atom. The molecule has 6 nitrogen and oxygen atoms in total. The molecule has 6 heteroatoms. The van der Waals surface area contributed by atoms with E-state index in [0.717, 1.165) is 22.3 Å². The molecule has 0 bridgehead atoms. The lowest BCUT2D eigenvalue weighted by molar-refractivity contribution is -0.162. The number of carbonyl (C=O) groups excluding carboxylic acids is 1. The standard InChI is InChI=1S/C22H27N3O3/c1-14-13-25(9-8-17(14)21(26)28-22(2,3)4)20-15(11-23)12-24-19-10-16(27-5)6-7-18(19)20/h6-7,10,12,14,17H,8-9,13H2,1-5H3. The number of hydrogen-bond acceptors (Lipinski definition) is 6. The molecule has 28 heavy (non-hydrogen) atoms. The monoisotopic (exact) mass is 381 g/mol. The van der Waals surface area contributed by atoms with Crippen LogP contribution in [0.2, 0.25) is 0 Å². The van der Waals surface area contributed by atoms with Crippen LogP contribution in [0.1, 0.15) is 39.7 Å². The lowest BCUT2D eigenvalue weighted by atomic mass is 9.86. The van der Waals surface area contributed by atoms with Crippen molar-refractivity contribution in [2.45, 2.75) is 39.7 Å². The van der Waals surface area contributed by atoms with E-state index in [-0.39, 0.29) is 17.8 Å². The maximum atomic E-state index is 12.6. The second kappa shape index (κ2) is 7.67. The Hall–Kier alpha value is -2.81. The van der Waals surface area contributed by atoms with Crippen molar-refractivity contribution in [1.82, 2.24) is 4.98 Å². The first-order valence-electron chi connectivity index (χ1n) is 9.58. The molecular weight excluding hydrogens is 354 g/mol. The Morgan fingerprint density at radius 1 is 1.36 bits per heavy atom. The van der Waals surface area contributed by atoms with Crippen molar-refractivity contribution in [3.05, 3.63) is 30.0 Å². The molecule has 1 aliphatic rings. The SMILES string of the molecule is COc1ccc2c(N3CCC(C(=O)OC(C)(C)C)C(C)C3)c(C#N)cnc2c1. The lowest BCUT2D eigenvalue weighted by Crippen LogP contribution is -2.44. The van der Waals surface area contributed by atoms with E-state index in [4.69, 9.17) is 9.47 Å². The predicted molar refractivity (Wildman–Crippen MR) is 108 cm³/mol. The summed E-state index contributed by atoms with van der Waals surface area (Å²) >= 11 is 0. The van der Waals surface area contributed by atoms with Gasteiger partial charge < -0.3 is 14.4 Å². The smallest absolute Gasteiger partial charge is 0.309 e. The Kier molecular flexibility index (Phi) is 5.46. The van der Waals surface area contributed by atoms with Gasteiger partial charge in [0.2, 0.25) is 0 Å². The van der Waals surface area contributed by atoms with Gasteiger partial charge in [0, 0.05) is 30.7 Å². The highest BCUT2D eigenvalue weighted by molar-refractivity contribution is 5.95. The van der Waals surface area contributed by atoms with Crippen LogP contribution in [0.25, 0.3) is 10.9 Å². The highest BCUT2D eigenvalue weighted by Gasteiger charge is 2.35. The molecule has 1 aromatic heterocycles. The van der Waals surface area contributed by atoms with Gasteiger partial charge in [0.15, 0.2) is 0 Å². The van der Waals surface area contributed by atoms with Gasteiger partial charge in [-0.1, -0.05) is 6.92 Å². The van der Waals surface area contributed by atoms with Gasteiger partial charge in [-0.25, -0.2) is 0 Å². The molecule has 3 rings (SSSR count). The van der Waals surface area contributed by atoms with Crippen LogP contribution in [-0.2, 0) is 9.53 Å². The minimum Gasteiger partial charge on any atom is -0.497 e. The summed E-state index contributed by atoms with van der Waals surface area (Å²) in [6, 6.07) is 7.97. The number of rotatable bonds is 3. The number of piperidine rings is 1. The fraction of sp³-hybridized carbons (Fsp3) is 0.500. The average Bonchev–Trinajstić information content (AvgIpc) is 2.64. The normalized spacial score (nSPS) is 19.9. The first-order chi connectivity index (χ1) is 13.2. The molecule has 1 fully saturated rings. The Morgan fingerprint density at radius 3 is 2.71 bits per heavy atom. The number of anilines is 1. The molecule has 0 spiro atoms. The van der Waals surface area contributed by atoms with Crippen LogP contribution in [0, 0.1) is 23.2 Å². The second-order valence-corrected chi connectivity index (χ2v) is 8.37. The molecule has 0 amide bonds. The Balaban J connectivity index is 1.90. The van der Waals surface area contributed by atoms with Crippen molar-refractivity contribution in [3.63, 3.8) is 0 Å². The number of nitriles is 1. The van der Waals surface area contributed by atoms with Gasteiger partial charge in [-0.15, -0.1) is 0 Å². The zero-order valence-electron chi connectivity index (χ0n) is 17.2. The van der Waals surface area contributed by atoms with E-state index in [2.05, 4.69) is 22.9 Å². The number of esters is 1. The van der Waals surface area contributed by atoms with E-state index in [0.29, 0.717) is 25.1 Å². The molecule has 1 saturated heterocycles. The maximum absolute atomic E-state index is 12.6. The van der Waals surface area contributed by atoms with E-state index >= 15 is 0 Å². The number of benzene rings is 1. The fourth-order valence-corrected chi connectivity index (χ4v) is 3.78. The third-order valence-corrected chi connectivity index (χ3v) is 5.10. The molecule has 148 valence electrons. The van der Waals surface area contributed by atoms with Crippen LogP contribution < -0.4 is 9.64 Å². The molecule has 0 radical (unpaired) electrons. The van der Waals surface area contributed by atoms with Crippen LogP contribution in [-0.4, -0.2) is 36.8 Å². The molecule has 2 heterocycles. The maximum Gasteiger partial charge on any atom is 0.309 e. The summed E-state index contributed by atoms with van der Waals surface area (Å²) in [5.41, 5.74) is 1.72. The van der Waals surface area contributed by atoms with Gasteiger partial charge >= 0.3 is 5.97 Å². The zero-order valence-corrected chi connectivity index (χ0v) is 17.2. The van der Waals surface area contributed by atoms with E-state index in [1.165, 1.54) is 0 Å².